The minimum atomic E-state index is -0.174. The van der Waals surface area contributed by atoms with Gasteiger partial charge in [0.2, 0.25) is 0 Å². The summed E-state index contributed by atoms with van der Waals surface area (Å²) in [4.78, 5) is 20.4. The first-order valence-corrected chi connectivity index (χ1v) is 9.64. The molecule has 6 heteroatoms. The lowest BCUT2D eigenvalue weighted by Gasteiger charge is -2.06. The van der Waals surface area contributed by atoms with Crippen molar-refractivity contribution in [3.05, 3.63) is 81.8 Å². The van der Waals surface area contributed by atoms with Crippen LogP contribution >= 0.6 is 23.2 Å². The molecule has 0 saturated carbocycles. The second kappa shape index (κ2) is 7.66. The lowest BCUT2D eigenvalue weighted by Crippen LogP contribution is -2.11. The maximum atomic E-state index is 12.6. The third kappa shape index (κ3) is 3.75. The number of imidazole rings is 1. The van der Waals surface area contributed by atoms with Crippen molar-refractivity contribution in [1.82, 2.24) is 9.97 Å². The van der Waals surface area contributed by atoms with Crippen LogP contribution in [0, 0.1) is 0 Å². The van der Waals surface area contributed by atoms with Crippen LogP contribution in [0.1, 0.15) is 22.8 Å². The number of halogens is 2. The Labute approximate surface area is 172 Å². The quantitative estimate of drug-likeness (QED) is 0.412. The van der Waals surface area contributed by atoms with Crippen LogP contribution in [0.5, 0.6) is 0 Å². The molecule has 1 heterocycles. The van der Waals surface area contributed by atoms with Crippen molar-refractivity contribution in [1.29, 1.82) is 0 Å². The fourth-order valence-electron chi connectivity index (χ4n) is 2.99. The van der Waals surface area contributed by atoms with Crippen LogP contribution in [0.15, 0.2) is 60.7 Å². The number of carbonyl (C=O) groups excluding carboxylic acids is 1. The summed E-state index contributed by atoms with van der Waals surface area (Å²) in [6, 6.07) is 18.4. The number of aromatic nitrogens is 2. The largest absolute Gasteiger partial charge is 0.338 e. The van der Waals surface area contributed by atoms with Crippen LogP contribution in [-0.4, -0.2) is 15.9 Å². The summed E-state index contributed by atoms with van der Waals surface area (Å²) >= 11 is 12.2. The molecule has 4 rings (SSSR count). The van der Waals surface area contributed by atoms with E-state index in [4.69, 9.17) is 23.2 Å². The van der Waals surface area contributed by atoms with Crippen LogP contribution < -0.4 is 5.32 Å². The van der Waals surface area contributed by atoms with E-state index >= 15 is 0 Å². The van der Waals surface area contributed by atoms with Gasteiger partial charge in [0.25, 0.3) is 5.91 Å². The number of anilines is 1. The molecule has 0 aliphatic heterocycles. The molecule has 1 aromatic heterocycles. The third-order valence-electron chi connectivity index (χ3n) is 4.55. The molecule has 0 atom stereocenters. The van der Waals surface area contributed by atoms with Gasteiger partial charge in [-0.05, 0) is 60.5 Å². The highest BCUT2D eigenvalue weighted by Gasteiger charge is 2.12. The fourth-order valence-corrected chi connectivity index (χ4v) is 3.48. The van der Waals surface area contributed by atoms with Crippen LogP contribution in [0.2, 0.25) is 10.0 Å². The van der Waals surface area contributed by atoms with Gasteiger partial charge in [-0.2, -0.15) is 0 Å². The Bertz CT molecular complexity index is 1170. The Hall–Kier alpha value is -2.82. The van der Waals surface area contributed by atoms with E-state index in [0.29, 0.717) is 21.4 Å². The number of fused-ring (bicyclic) bond motifs is 1. The van der Waals surface area contributed by atoms with Crippen LogP contribution in [0.25, 0.3) is 22.4 Å². The molecule has 1 amide bonds. The molecule has 0 spiro atoms. The molecule has 0 aliphatic carbocycles. The second-order valence-electron chi connectivity index (χ2n) is 6.45. The lowest BCUT2D eigenvalue weighted by molar-refractivity contribution is 0.102. The van der Waals surface area contributed by atoms with E-state index in [1.807, 2.05) is 36.4 Å². The number of aromatic amines is 1. The number of aryl methyl sites for hydroxylation is 1. The minimum absolute atomic E-state index is 0.174. The first-order valence-electron chi connectivity index (χ1n) is 8.89. The highest BCUT2D eigenvalue weighted by molar-refractivity contribution is 6.36. The molecule has 0 radical (unpaired) electrons. The monoisotopic (exact) mass is 409 g/mol. The Morgan fingerprint density at radius 2 is 1.82 bits per heavy atom. The van der Waals surface area contributed by atoms with E-state index < -0.39 is 0 Å². The Morgan fingerprint density at radius 3 is 2.54 bits per heavy atom. The first kappa shape index (κ1) is 18.5. The number of nitrogens with one attached hydrogen (secondary N) is 2. The van der Waals surface area contributed by atoms with Crippen molar-refractivity contribution in [3.63, 3.8) is 0 Å². The summed E-state index contributed by atoms with van der Waals surface area (Å²) in [6.07, 6.45) is 0.963. The van der Waals surface area contributed by atoms with Gasteiger partial charge in [0.15, 0.2) is 0 Å². The highest BCUT2D eigenvalue weighted by atomic mass is 35.5. The maximum absolute atomic E-state index is 12.6. The van der Waals surface area contributed by atoms with Gasteiger partial charge in [-0.15, -0.1) is 0 Å². The third-order valence-corrected chi connectivity index (χ3v) is 5.10. The summed E-state index contributed by atoms with van der Waals surface area (Å²) in [5, 5.41) is 4.00. The lowest BCUT2D eigenvalue weighted by atomic mass is 10.1. The predicted octanol–water partition coefficient (Wildman–Crippen LogP) is 6.35. The Balaban J connectivity index is 1.61. The highest BCUT2D eigenvalue weighted by Crippen LogP contribution is 2.30. The summed E-state index contributed by atoms with van der Waals surface area (Å²) in [6.45, 7) is 2.10. The van der Waals surface area contributed by atoms with Gasteiger partial charge in [-0.1, -0.05) is 42.3 Å². The molecule has 0 bridgehead atoms. The smallest absolute Gasteiger partial charge is 0.255 e. The summed E-state index contributed by atoms with van der Waals surface area (Å²) in [5.74, 6) is 0.455. The van der Waals surface area contributed by atoms with Gasteiger partial charge in [0, 0.05) is 21.8 Å². The van der Waals surface area contributed by atoms with Crippen molar-refractivity contribution in [2.75, 3.05) is 5.32 Å². The van der Waals surface area contributed by atoms with Gasteiger partial charge in [-0.25, -0.2) is 4.98 Å². The molecule has 3 aromatic carbocycles. The zero-order chi connectivity index (χ0) is 19.7. The van der Waals surface area contributed by atoms with Crippen molar-refractivity contribution in [2.24, 2.45) is 0 Å². The minimum Gasteiger partial charge on any atom is -0.338 e. The average molecular weight is 410 g/mol. The SMILES string of the molecule is CCc1ccc(NC(=O)c2ccc3nc(-c4ccc(Cl)cc4Cl)[nH]c3c2)cc1. The van der Waals surface area contributed by atoms with Gasteiger partial charge >= 0.3 is 0 Å². The van der Waals surface area contributed by atoms with E-state index in [-0.39, 0.29) is 5.91 Å². The molecule has 0 saturated heterocycles. The first-order chi connectivity index (χ1) is 13.5. The standard InChI is InChI=1S/C22H17Cl2N3O/c1-2-13-3-7-16(8-4-13)25-22(28)14-5-10-19-20(11-14)27-21(26-19)17-9-6-15(23)12-18(17)24/h3-12H,2H2,1H3,(H,25,28)(H,26,27). The Morgan fingerprint density at radius 1 is 1.04 bits per heavy atom. The zero-order valence-corrected chi connectivity index (χ0v) is 16.6. The second-order valence-corrected chi connectivity index (χ2v) is 7.29. The molecule has 4 aromatic rings. The molecule has 0 aliphatic rings. The maximum Gasteiger partial charge on any atom is 0.255 e. The summed E-state index contributed by atoms with van der Waals surface area (Å²) < 4.78 is 0. The van der Waals surface area contributed by atoms with Gasteiger partial charge in [0.1, 0.15) is 5.82 Å². The molecule has 0 unspecified atom stereocenters. The van der Waals surface area contributed by atoms with E-state index in [1.165, 1.54) is 5.56 Å². The molecule has 4 nitrogen and oxygen atoms in total. The predicted molar refractivity (Wildman–Crippen MR) is 115 cm³/mol. The summed E-state index contributed by atoms with van der Waals surface area (Å²) in [7, 11) is 0. The van der Waals surface area contributed by atoms with E-state index in [2.05, 4.69) is 22.2 Å². The number of nitrogens with zero attached hydrogens (tertiary/aromatic N) is 1. The van der Waals surface area contributed by atoms with E-state index in [9.17, 15) is 4.79 Å². The number of hydrogen-bond acceptors (Lipinski definition) is 2. The van der Waals surface area contributed by atoms with Crippen LogP contribution in [-0.2, 0) is 6.42 Å². The van der Waals surface area contributed by atoms with Crippen LogP contribution in [0.4, 0.5) is 5.69 Å². The van der Waals surface area contributed by atoms with Crippen LogP contribution in [0.3, 0.4) is 0 Å². The van der Waals surface area contributed by atoms with E-state index in [0.717, 1.165) is 28.7 Å². The van der Waals surface area contributed by atoms with Gasteiger partial charge in [0.05, 0.1) is 16.1 Å². The van der Waals surface area contributed by atoms with Gasteiger partial charge in [-0.3, -0.25) is 4.79 Å². The average Bonchev–Trinajstić information content (AvgIpc) is 3.11. The fraction of sp³-hybridized carbons (Fsp3) is 0.0909. The molecular weight excluding hydrogens is 393 g/mol. The number of carbonyl (C=O) groups is 1. The topological polar surface area (TPSA) is 57.8 Å². The van der Waals surface area contributed by atoms with Crippen molar-refractivity contribution < 1.29 is 4.79 Å². The van der Waals surface area contributed by atoms with Crippen molar-refractivity contribution in [3.8, 4) is 11.4 Å². The molecule has 0 fully saturated rings. The number of amides is 1. The zero-order valence-electron chi connectivity index (χ0n) is 15.1. The molecule has 140 valence electrons. The normalized spacial score (nSPS) is 11.0. The number of benzene rings is 3. The molecule has 28 heavy (non-hydrogen) atoms. The molecular formula is C22H17Cl2N3O. The van der Waals surface area contributed by atoms with Gasteiger partial charge < -0.3 is 10.3 Å². The summed E-state index contributed by atoms with van der Waals surface area (Å²) in [5.41, 5.74) is 4.81. The van der Waals surface area contributed by atoms with E-state index in [1.54, 1.807) is 24.3 Å². The van der Waals surface area contributed by atoms with Crippen molar-refractivity contribution >= 4 is 45.8 Å². The number of H-pyrrole nitrogens is 1. The molecule has 2 N–H and O–H groups in total. The van der Waals surface area contributed by atoms with Crippen molar-refractivity contribution in [2.45, 2.75) is 13.3 Å². The number of rotatable bonds is 4. The Kier molecular flexibility index (Phi) is 5.07. The number of hydrogen-bond donors (Lipinski definition) is 2.